The smallest absolute Gasteiger partial charge is 0.747 e. The van der Waals surface area contributed by atoms with Gasteiger partial charge in [-0.05, 0) is 12.1 Å². The Bertz CT molecular complexity index is 996. The Kier molecular flexibility index (Phi) is 10.1. The second kappa shape index (κ2) is 9.61. The standard InChI is InChI=1S/C7H6ClN3O4S2.CH2I2O3S.Na/c8-4-1-5-7(2-6(4)16(9,12)13)17(14,15)11-3-10-5;2-1(3)7(4,5)6;/h1-3H,(H,10,11)(H2,9,12,13);1H,(H,4,5,6);/q;;+1/p-1. The molecule has 0 amide bonds. The monoisotopic (exact) mass is 665 g/mol. The molecule has 0 saturated heterocycles. The number of anilines is 1. The Morgan fingerprint density at radius 3 is 2.12 bits per heavy atom. The summed E-state index contributed by atoms with van der Waals surface area (Å²) in [5.74, 6) is 0. The van der Waals surface area contributed by atoms with Gasteiger partial charge in [0, 0.05) is 0 Å². The number of rotatable bonds is 2. The summed E-state index contributed by atoms with van der Waals surface area (Å²) in [7, 11) is -12.0. The van der Waals surface area contributed by atoms with Crippen LogP contribution in [0.2, 0.25) is 5.02 Å². The zero-order chi connectivity index (χ0) is 18.9. The van der Waals surface area contributed by atoms with Crippen molar-refractivity contribution in [1.82, 2.24) is 0 Å². The number of hydrogen-bond acceptors (Lipinski definition) is 8. The van der Waals surface area contributed by atoms with E-state index in [1.807, 2.05) is 0 Å². The molecule has 0 atom stereocenters. The largest absolute Gasteiger partial charge is 1.00 e. The van der Waals surface area contributed by atoms with E-state index >= 15 is 0 Å². The van der Waals surface area contributed by atoms with Crippen molar-refractivity contribution in [3.05, 3.63) is 17.2 Å². The summed E-state index contributed by atoms with van der Waals surface area (Å²) in [6.07, 6.45) is 0.977. The predicted octanol–water partition coefficient (Wildman–Crippen LogP) is -2.18. The number of fused-ring (bicyclic) bond motifs is 1. The molecule has 1 heterocycles. The van der Waals surface area contributed by atoms with Gasteiger partial charge in [-0.25, -0.2) is 22.0 Å². The summed E-state index contributed by atoms with van der Waals surface area (Å²) in [6.45, 7) is 0. The van der Waals surface area contributed by atoms with Gasteiger partial charge in [-0.15, -0.1) is 4.40 Å². The van der Waals surface area contributed by atoms with Gasteiger partial charge in [0.2, 0.25) is 10.0 Å². The van der Waals surface area contributed by atoms with Gasteiger partial charge in [0.1, 0.15) is 26.2 Å². The van der Waals surface area contributed by atoms with Crippen LogP contribution in [0.4, 0.5) is 5.69 Å². The average Bonchev–Trinajstić information content (AvgIpc) is 2.35. The number of nitrogens with zero attached hydrogens (tertiary/aromatic N) is 1. The van der Waals surface area contributed by atoms with E-state index in [1.165, 1.54) is 51.2 Å². The summed E-state index contributed by atoms with van der Waals surface area (Å²) < 4.78 is 77.1. The Morgan fingerprint density at radius 2 is 1.72 bits per heavy atom. The third-order valence-electron chi connectivity index (χ3n) is 2.25. The van der Waals surface area contributed by atoms with Crippen molar-refractivity contribution in [2.24, 2.45) is 9.54 Å². The summed E-state index contributed by atoms with van der Waals surface area (Å²) in [4.78, 5) is -0.742. The van der Waals surface area contributed by atoms with Gasteiger partial charge in [0.05, 0.1) is 10.7 Å². The van der Waals surface area contributed by atoms with Crippen molar-refractivity contribution >= 4 is 99.0 Å². The van der Waals surface area contributed by atoms with Crippen LogP contribution >= 0.6 is 56.8 Å². The average molecular weight is 666 g/mol. The molecule has 10 nitrogen and oxygen atoms in total. The summed E-state index contributed by atoms with van der Waals surface area (Å²) in [6, 6.07) is 2.05. The predicted molar refractivity (Wildman–Crippen MR) is 104 cm³/mol. The molecule has 25 heavy (non-hydrogen) atoms. The normalized spacial score (nSPS) is 15.3. The van der Waals surface area contributed by atoms with Crippen molar-refractivity contribution in [1.29, 1.82) is 0 Å². The Balaban J connectivity index is 0.000000620. The molecule has 0 saturated carbocycles. The zero-order valence-electron chi connectivity index (χ0n) is 12.1. The maximum absolute atomic E-state index is 11.5. The van der Waals surface area contributed by atoms with Gasteiger partial charge >= 0.3 is 29.6 Å². The number of hydrogen-bond donors (Lipinski definition) is 2. The van der Waals surface area contributed by atoms with E-state index in [2.05, 4.69) is 9.71 Å². The number of primary sulfonamides is 1. The van der Waals surface area contributed by atoms with Gasteiger partial charge in [-0.3, -0.25) is 0 Å². The van der Waals surface area contributed by atoms with E-state index in [0.29, 0.717) is 0 Å². The molecule has 1 aliphatic heterocycles. The second-order valence-electron chi connectivity index (χ2n) is 3.93. The van der Waals surface area contributed by atoms with Crippen LogP contribution in [0.5, 0.6) is 0 Å². The number of sulfonamides is 2. The van der Waals surface area contributed by atoms with Crippen LogP contribution < -0.4 is 40.0 Å². The first kappa shape index (κ1) is 26.2. The topological polar surface area (TPSA) is 176 Å². The Labute approximate surface area is 198 Å². The van der Waals surface area contributed by atoms with Crippen LogP contribution in [0.3, 0.4) is 0 Å². The first-order valence-corrected chi connectivity index (χ1v) is 12.6. The van der Waals surface area contributed by atoms with Crippen LogP contribution in [0.1, 0.15) is 0 Å². The number of alkyl halides is 2. The molecule has 0 fully saturated rings. The van der Waals surface area contributed by atoms with Gasteiger partial charge < -0.3 is 9.87 Å². The van der Waals surface area contributed by atoms with E-state index in [4.69, 9.17) is 16.7 Å². The number of halogens is 3. The SMILES string of the molecule is NS(=O)(=O)c1cc2c(cc1Cl)NC=NS2(=O)=O.O=S(=O)([O-])C(I)I.[Na+]. The van der Waals surface area contributed by atoms with Crippen LogP contribution in [0.15, 0.2) is 26.3 Å². The van der Waals surface area contributed by atoms with Crippen molar-refractivity contribution < 1.29 is 59.4 Å². The second-order valence-corrected chi connectivity index (χ2v) is 15.5. The molecule has 0 bridgehead atoms. The van der Waals surface area contributed by atoms with Crippen molar-refractivity contribution in [2.75, 3.05) is 5.32 Å². The van der Waals surface area contributed by atoms with Crippen molar-refractivity contribution in [3.8, 4) is 0 Å². The molecule has 136 valence electrons. The molecule has 0 radical (unpaired) electrons. The summed E-state index contributed by atoms with van der Waals surface area (Å²) in [5.41, 5.74) is 0.150. The molecule has 0 aliphatic carbocycles. The summed E-state index contributed by atoms with van der Waals surface area (Å²) in [5, 5.41) is 7.30. The van der Waals surface area contributed by atoms with Crippen LogP contribution in [-0.4, -0.2) is 37.4 Å². The van der Waals surface area contributed by atoms with Gasteiger partial charge in [0.15, 0.2) is 1.26 Å². The first-order valence-electron chi connectivity index (χ1n) is 5.31. The maximum atomic E-state index is 11.5. The molecule has 1 aromatic carbocycles. The Hall–Kier alpha value is 1.21. The number of benzene rings is 1. The van der Waals surface area contributed by atoms with E-state index in [1.54, 1.807) is 0 Å². The Morgan fingerprint density at radius 1 is 1.24 bits per heavy atom. The van der Waals surface area contributed by atoms with E-state index in [0.717, 1.165) is 12.4 Å². The van der Waals surface area contributed by atoms with Crippen molar-refractivity contribution in [3.63, 3.8) is 0 Å². The van der Waals surface area contributed by atoms with Gasteiger partial charge in [0.25, 0.3) is 10.0 Å². The minimum Gasteiger partial charge on any atom is -0.747 e. The van der Waals surface area contributed by atoms with E-state index < -0.39 is 36.3 Å². The fourth-order valence-electron chi connectivity index (χ4n) is 1.30. The minimum absolute atomic E-state index is 0. The molecule has 0 unspecified atom stereocenters. The van der Waals surface area contributed by atoms with Crippen LogP contribution in [0, 0.1) is 0 Å². The zero-order valence-corrected chi connectivity index (χ0v) is 21.6. The van der Waals surface area contributed by atoms with Gasteiger partial charge in [-0.2, -0.15) is 8.42 Å². The molecule has 1 aliphatic rings. The molecular formula is C8H7ClI2N3NaO7S3. The molecule has 17 heteroatoms. The maximum Gasteiger partial charge on any atom is 1.00 e. The quantitative estimate of drug-likeness (QED) is 0.155. The molecule has 2 rings (SSSR count). The minimum atomic E-state index is -4.09. The number of nitrogens with one attached hydrogen (secondary N) is 1. The fourth-order valence-corrected chi connectivity index (χ4v) is 3.44. The third-order valence-corrected chi connectivity index (χ3v) is 9.07. The number of nitrogens with two attached hydrogens (primary N) is 1. The van der Waals surface area contributed by atoms with E-state index in [-0.39, 0.29) is 45.2 Å². The summed E-state index contributed by atoms with van der Waals surface area (Å²) >= 11 is 8.77. The molecule has 1 aromatic rings. The molecule has 0 aromatic heterocycles. The molecule has 3 N–H and O–H groups in total. The van der Waals surface area contributed by atoms with Crippen LogP contribution in [-0.2, 0) is 30.2 Å². The van der Waals surface area contributed by atoms with E-state index in [9.17, 15) is 29.8 Å². The third kappa shape index (κ3) is 7.62. The molecule has 0 spiro atoms. The van der Waals surface area contributed by atoms with Gasteiger partial charge in [-0.1, -0.05) is 56.8 Å². The molecular weight excluding hydrogens is 659 g/mol. The first-order chi connectivity index (χ1) is 10.7. The van der Waals surface area contributed by atoms with Crippen LogP contribution in [0.25, 0.3) is 0 Å². The fraction of sp³-hybridized carbons (Fsp3) is 0.125. The van der Waals surface area contributed by atoms with Crippen molar-refractivity contribution in [2.45, 2.75) is 11.1 Å².